The zero-order valence-electron chi connectivity index (χ0n) is 12.6. The van der Waals surface area contributed by atoms with Crippen LogP contribution in [0.25, 0.3) is 0 Å². The van der Waals surface area contributed by atoms with Gasteiger partial charge in [-0.3, -0.25) is 4.79 Å². The second-order valence-corrected chi connectivity index (χ2v) is 6.08. The van der Waals surface area contributed by atoms with Crippen molar-refractivity contribution in [2.24, 2.45) is 11.8 Å². The van der Waals surface area contributed by atoms with Gasteiger partial charge in [0.05, 0.1) is 13.7 Å². The van der Waals surface area contributed by atoms with Gasteiger partial charge in [-0.2, -0.15) is 0 Å². The lowest BCUT2D eigenvalue weighted by Gasteiger charge is -2.26. The minimum atomic E-state index is 0.230. The molecule has 0 spiro atoms. The van der Waals surface area contributed by atoms with Crippen molar-refractivity contribution in [1.82, 2.24) is 5.32 Å². The van der Waals surface area contributed by atoms with E-state index in [1.54, 1.807) is 7.11 Å². The van der Waals surface area contributed by atoms with Gasteiger partial charge in [-0.25, -0.2) is 0 Å². The summed E-state index contributed by atoms with van der Waals surface area (Å²) < 4.78 is 11.0. The molecule has 0 bridgehead atoms. The van der Waals surface area contributed by atoms with Gasteiger partial charge in [0.1, 0.15) is 11.5 Å². The summed E-state index contributed by atoms with van der Waals surface area (Å²) in [7, 11) is 1.66. The van der Waals surface area contributed by atoms with Crippen LogP contribution >= 0.6 is 0 Å². The Balaban J connectivity index is 1.53. The van der Waals surface area contributed by atoms with Crippen molar-refractivity contribution in [2.75, 3.05) is 20.3 Å². The van der Waals surface area contributed by atoms with E-state index >= 15 is 0 Å². The third kappa shape index (κ3) is 3.31. The number of ether oxygens (including phenoxy) is 2. The van der Waals surface area contributed by atoms with Crippen LogP contribution in [0.5, 0.6) is 11.5 Å². The molecule has 4 heteroatoms. The van der Waals surface area contributed by atoms with Gasteiger partial charge in [-0.05, 0) is 30.9 Å². The van der Waals surface area contributed by atoms with Gasteiger partial charge < -0.3 is 14.8 Å². The number of fused-ring (bicyclic) bond motifs is 1. The fraction of sp³-hybridized carbons (Fsp3) is 0.588. The van der Waals surface area contributed by atoms with E-state index in [4.69, 9.17) is 9.47 Å². The Bertz CT molecular complexity index is 509. The van der Waals surface area contributed by atoms with E-state index in [9.17, 15) is 4.79 Å². The van der Waals surface area contributed by atoms with E-state index in [0.717, 1.165) is 30.8 Å². The SMILES string of the molecule is COc1ccc2c(c1)OC[C@@H](CNC(=O)C1CCCC1)C2. The Hall–Kier alpha value is -1.71. The molecular formula is C17H23NO3. The van der Waals surface area contributed by atoms with Crippen LogP contribution in [0.1, 0.15) is 31.2 Å². The second-order valence-electron chi connectivity index (χ2n) is 6.08. The molecule has 1 amide bonds. The average molecular weight is 289 g/mol. The molecule has 0 saturated heterocycles. The monoisotopic (exact) mass is 289 g/mol. The highest BCUT2D eigenvalue weighted by Gasteiger charge is 2.25. The molecule has 0 radical (unpaired) electrons. The van der Waals surface area contributed by atoms with Crippen molar-refractivity contribution in [3.63, 3.8) is 0 Å². The molecule has 1 aliphatic carbocycles. The number of nitrogens with one attached hydrogen (secondary N) is 1. The van der Waals surface area contributed by atoms with E-state index in [2.05, 4.69) is 11.4 Å². The van der Waals surface area contributed by atoms with Gasteiger partial charge in [-0.15, -0.1) is 0 Å². The number of carbonyl (C=O) groups is 1. The van der Waals surface area contributed by atoms with Gasteiger partial charge >= 0.3 is 0 Å². The molecule has 1 saturated carbocycles. The minimum Gasteiger partial charge on any atom is -0.497 e. The highest BCUT2D eigenvalue weighted by atomic mass is 16.5. The Kier molecular flexibility index (Phi) is 4.32. The number of carbonyl (C=O) groups excluding carboxylic acids is 1. The normalized spacial score (nSPS) is 21.5. The van der Waals surface area contributed by atoms with Crippen LogP contribution in [0.4, 0.5) is 0 Å². The predicted octanol–water partition coefficient (Wildman–Crippen LogP) is 2.55. The largest absolute Gasteiger partial charge is 0.497 e. The fourth-order valence-corrected chi connectivity index (χ4v) is 3.25. The minimum absolute atomic E-state index is 0.230. The van der Waals surface area contributed by atoms with Gasteiger partial charge in [0.2, 0.25) is 5.91 Å². The molecule has 1 aliphatic heterocycles. The van der Waals surface area contributed by atoms with Crippen LogP contribution in [-0.2, 0) is 11.2 Å². The third-order valence-electron chi connectivity index (χ3n) is 4.55. The van der Waals surface area contributed by atoms with Crippen LogP contribution in [0.15, 0.2) is 18.2 Å². The van der Waals surface area contributed by atoms with Gasteiger partial charge in [0.25, 0.3) is 0 Å². The maximum Gasteiger partial charge on any atom is 0.223 e. The standard InChI is InChI=1S/C17H23NO3/c1-20-15-7-6-14-8-12(11-21-16(14)9-15)10-18-17(19)13-4-2-3-5-13/h6-7,9,12-13H,2-5,8,10-11H2,1H3,(H,18,19)/t12-/m1/s1. The predicted molar refractivity (Wildman–Crippen MR) is 80.7 cm³/mol. The summed E-state index contributed by atoms with van der Waals surface area (Å²) in [5.41, 5.74) is 1.20. The molecule has 1 aromatic rings. The van der Waals surface area contributed by atoms with Crippen molar-refractivity contribution >= 4 is 5.91 Å². The molecule has 1 fully saturated rings. The first kappa shape index (κ1) is 14.2. The quantitative estimate of drug-likeness (QED) is 0.926. The Morgan fingerprint density at radius 3 is 2.95 bits per heavy atom. The molecule has 3 rings (SSSR count). The van der Waals surface area contributed by atoms with Crippen molar-refractivity contribution in [3.8, 4) is 11.5 Å². The van der Waals surface area contributed by atoms with Gasteiger partial charge in [0.15, 0.2) is 0 Å². The summed E-state index contributed by atoms with van der Waals surface area (Å²) in [6.45, 7) is 1.37. The summed E-state index contributed by atoms with van der Waals surface area (Å²) in [6, 6.07) is 5.95. The van der Waals surface area contributed by atoms with Crippen LogP contribution < -0.4 is 14.8 Å². The summed E-state index contributed by atoms with van der Waals surface area (Å²) >= 11 is 0. The molecule has 1 atom stereocenters. The molecule has 1 N–H and O–H groups in total. The highest BCUT2D eigenvalue weighted by molar-refractivity contribution is 5.78. The summed E-state index contributed by atoms with van der Waals surface area (Å²) in [6.07, 6.45) is 5.44. The molecule has 2 aliphatic rings. The number of benzene rings is 1. The molecule has 21 heavy (non-hydrogen) atoms. The number of methoxy groups -OCH3 is 1. The number of amides is 1. The van der Waals surface area contributed by atoms with Crippen molar-refractivity contribution in [1.29, 1.82) is 0 Å². The van der Waals surface area contributed by atoms with Crippen molar-refractivity contribution < 1.29 is 14.3 Å². The first-order chi connectivity index (χ1) is 10.3. The highest BCUT2D eigenvalue weighted by Crippen LogP contribution is 2.31. The molecule has 1 aromatic carbocycles. The lowest BCUT2D eigenvalue weighted by atomic mass is 9.96. The second kappa shape index (κ2) is 6.37. The van der Waals surface area contributed by atoms with Crippen LogP contribution in [0.3, 0.4) is 0 Å². The molecule has 114 valence electrons. The first-order valence-electron chi connectivity index (χ1n) is 7.83. The number of rotatable bonds is 4. The lowest BCUT2D eigenvalue weighted by Crippen LogP contribution is -2.37. The van der Waals surface area contributed by atoms with E-state index in [1.165, 1.54) is 18.4 Å². The van der Waals surface area contributed by atoms with Gasteiger partial charge in [0, 0.05) is 24.4 Å². The van der Waals surface area contributed by atoms with E-state index in [-0.39, 0.29) is 11.8 Å². The Morgan fingerprint density at radius 2 is 2.19 bits per heavy atom. The van der Waals surface area contributed by atoms with Crippen molar-refractivity contribution in [3.05, 3.63) is 23.8 Å². The summed E-state index contributed by atoms with van der Waals surface area (Å²) in [4.78, 5) is 12.0. The maximum absolute atomic E-state index is 12.0. The lowest BCUT2D eigenvalue weighted by molar-refractivity contribution is -0.125. The molecule has 0 unspecified atom stereocenters. The third-order valence-corrected chi connectivity index (χ3v) is 4.55. The summed E-state index contributed by atoms with van der Waals surface area (Å²) in [5.74, 6) is 2.56. The van der Waals surface area contributed by atoms with Crippen LogP contribution in [0, 0.1) is 11.8 Å². The fourth-order valence-electron chi connectivity index (χ4n) is 3.25. The number of hydrogen-bond donors (Lipinski definition) is 1. The number of hydrogen-bond acceptors (Lipinski definition) is 3. The summed E-state index contributed by atoms with van der Waals surface area (Å²) in [5, 5.41) is 3.10. The van der Waals surface area contributed by atoms with Crippen LogP contribution in [-0.4, -0.2) is 26.2 Å². The first-order valence-corrected chi connectivity index (χ1v) is 7.83. The smallest absolute Gasteiger partial charge is 0.223 e. The molecule has 4 nitrogen and oxygen atoms in total. The molecular weight excluding hydrogens is 266 g/mol. The van der Waals surface area contributed by atoms with Crippen LogP contribution in [0.2, 0.25) is 0 Å². The van der Waals surface area contributed by atoms with E-state index in [0.29, 0.717) is 19.1 Å². The van der Waals surface area contributed by atoms with Crippen molar-refractivity contribution in [2.45, 2.75) is 32.1 Å². The zero-order chi connectivity index (χ0) is 14.7. The topological polar surface area (TPSA) is 47.6 Å². The Labute approximate surface area is 125 Å². The zero-order valence-corrected chi connectivity index (χ0v) is 12.6. The van der Waals surface area contributed by atoms with E-state index < -0.39 is 0 Å². The van der Waals surface area contributed by atoms with E-state index in [1.807, 2.05) is 12.1 Å². The Morgan fingerprint density at radius 1 is 1.38 bits per heavy atom. The molecule has 0 aromatic heterocycles. The maximum atomic E-state index is 12.0. The molecule has 1 heterocycles. The van der Waals surface area contributed by atoms with Gasteiger partial charge in [-0.1, -0.05) is 18.9 Å². The average Bonchev–Trinajstić information content (AvgIpc) is 3.06.